The summed E-state index contributed by atoms with van der Waals surface area (Å²) in [6.45, 7) is 4.12. The highest BCUT2D eigenvalue weighted by molar-refractivity contribution is 6.31. The molecule has 3 nitrogen and oxygen atoms in total. The molecule has 1 fully saturated rings. The number of rotatable bonds is 8. The summed E-state index contributed by atoms with van der Waals surface area (Å²) >= 11 is 6.86. The van der Waals surface area contributed by atoms with E-state index < -0.39 is 17.6 Å². The molecule has 40 heavy (non-hydrogen) atoms. The molecule has 0 amide bonds. The summed E-state index contributed by atoms with van der Waals surface area (Å²) in [5.41, 5.74) is 8.97. The zero-order valence-electron chi connectivity index (χ0n) is 24.3. The fourth-order valence-electron chi connectivity index (χ4n) is 6.21. The Morgan fingerprint density at radius 3 is 1.90 bits per heavy atom. The highest BCUT2D eigenvalue weighted by Gasteiger charge is 2.43. The van der Waals surface area contributed by atoms with Gasteiger partial charge in [0.25, 0.3) is 0 Å². The summed E-state index contributed by atoms with van der Waals surface area (Å²) in [5, 5.41) is 0.545. The third kappa shape index (κ3) is 7.56. The van der Waals surface area contributed by atoms with Crippen molar-refractivity contribution in [2.24, 2.45) is 11.7 Å². The number of carbonyl (C=O) groups excluding carboxylic acids is 1. The largest absolute Gasteiger partial charge is 0.443 e. The molecule has 0 bridgehead atoms. The summed E-state index contributed by atoms with van der Waals surface area (Å²) in [6.07, 6.45) is 13.7. The van der Waals surface area contributed by atoms with Crippen molar-refractivity contribution >= 4 is 17.6 Å². The normalized spacial score (nSPS) is 17.9. The standard InChI is InChI=1S/C36H46ClNO2/c1-27(2)26-34(38)35(39)40-36(30-18-12-9-13-19-30,32-20-14-15-21-33(32)37)31-24-22-29(23-25-31)28-16-10-7-5-3-4-6-8-11-17-28/h9,12-15,18-25,27-28,34H,3-8,10-11,16-17,26,38H2,1-2H3/t34-,36?/m0/s1. The Balaban J connectivity index is 1.78. The third-order valence-corrected chi connectivity index (χ3v) is 8.69. The van der Waals surface area contributed by atoms with Crippen LogP contribution in [-0.4, -0.2) is 12.0 Å². The van der Waals surface area contributed by atoms with Gasteiger partial charge >= 0.3 is 5.97 Å². The molecule has 0 radical (unpaired) electrons. The second kappa shape index (κ2) is 14.8. The van der Waals surface area contributed by atoms with Gasteiger partial charge in [0.15, 0.2) is 5.60 Å². The maximum Gasteiger partial charge on any atom is 0.324 e. The van der Waals surface area contributed by atoms with E-state index in [1.807, 2.05) is 54.6 Å². The van der Waals surface area contributed by atoms with Crippen LogP contribution < -0.4 is 5.73 Å². The molecule has 1 aliphatic carbocycles. The molecule has 0 aliphatic heterocycles. The Bertz CT molecular complexity index is 1180. The number of halogens is 1. The molecule has 2 atom stereocenters. The van der Waals surface area contributed by atoms with Crippen molar-refractivity contribution in [2.45, 2.75) is 102 Å². The zero-order chi connectivity index (χ0) is 28.4. The van der Waals surface area contributed by atoms with Crippen LogP contribution in [0.2, 0.25) is 5.02 Å². The van der Waals surface area contributed by atoms with Crippen molar-refractivity contribution in [1.29, 1.82) is 0 Å². The summed E-state index contributed by atoms with van der Waals surface area (Å²) < 4.78 is 6.56. The Hall–Kier alpha value is -2.62. The molecular weight excluding hydrogens is 514 g/mol. The number of esters is 1. The lowest BCUT2D eigenvalue weighted by Crippen LogP contribution is -2.42. The summed E-state index contributed by atoms with van der Waals surface area (Å²) in [6, 6.07) is 25.6. The highest BCUT2D eigenvalue weighted by Crippen LogP contribution is 2.44. The summed E-state index contributed by atoms with van der Waals surface area (Å²) in [4.78, 5) is 13.6. The van der Waals surface area contributed by atoms with Gasteiger partial charge in [0.2, 0.25) is 0 Å². The first-order chi connectivity index (χ1) is 19.4. The van der Waals surface area contributed by atoms with E-state index in [1.54, 1.807) is 0 Å². The number of hydrogen-bond acceptors (Lipinski definition) is 3. The summed E-state index contributed by atoms with van der Waals surface area (Å²) in [5.74, 6) is 0.403. The predicted octanol–water partition coefficient (Wildman–Crippen LogP) is 9.55. The maximum atomic E-state index is 13.6. The first-order valence-corrected chi connectivity index (χ1v) is 15.7. The van der Waals surface area contributed by atoms with Gasteiger partial charge in [-0.25, -0.2) is 0 Å². The van der Waals surface area contributed by atoms with E-state index in [2.05, 4.69) is 38.1 Å². The molecule has 1 saturated carbocycles. The molecule has 0 spiro atoms. The van der Waals surface area contributed by atoms with Crippen LogP contribution in [0.3, 0.4) is 0 Å². The van der Waals surface area contributed by atoms with Crippen LogP contribution in [0.4, 0.5) is 0 Å². The molecular formula is C36H46ClNO2. The number of ether oxygens (including phenoxy) is 1. The monoisotopic (exact) mass is 559 g/mol. The second-order valence-corrected chi connectivity index (χ2v) is 12.3. The molecule has 2 N–H and O–H groups in total. The highest BCUT2D eigenvalue weighted by atomic mass is 35.5. The molecule has 0 aromatic heterocycles. The van der Waals surface area contributed by atoms with E-state index in [4.69, 9.17) is 22.1 Å². The molecule has 4 rings (SSSR count). The van der Waals surface area contributed by atoms with E-state index in [0.717, 1.165) is 16.7 Å². The molecule has 3 aromatic carbocycles. The van der Waals surface area contributed by atoms with Crippen molar-refractivity contribution in [1.82, 2.24) is 0 Å². The lowest BCUT2D eigenvalue weighted by Gasteiger charge is -2.37. The molecule has 3 aromatic rings. The fraction of sp³-hybridized carbons (Fsp3) is 0.472. The number of nitrogens with two attached hydrogens (primary N) is 1. The van der Waals surface area contributed by atoms with E-state index in [1.165, 1.54) is 69.8 Å². The quantitative estimate of drug-likeness (QED) is 0.221. The average Bonchev–Trinajstić information content (AvgIpc) is 3.02. The molecule has 214 valence electrons. The first kappa shape index (κ1) is 30.3. The molecule has 1 unspecified atom stereocenters. The lowest BCUT2D eigenvalue weighted by atomic mass is 9.78. The van der Waals surface area contributed by atoms with E-state index in [-0.39, 0.29) is 5.92 Å². The van der Waals surface area contributed by atoms with Crippen LogP contribution in [0.25, 0.3) is 0 Å². The van der Waals surface area contributed by atoms with Gasteiger partial charge in [-0.2, -0.15) is 0 Å². The van der Waals surface area contributed by atoms with E-state index >= 15 is 0 Å². The van der Waals surface area contributed by atoms with Gasteiger partial charge in [0.1, 0.15) is 6.04 Å². The second-order valence-electron chi connectivity index (χ2n) is 11.9. The average molecular weight is 560 g/mol. The SMILES string of the molecule is CC(C)C[C@H](N)C(=O)OC(c1ccccc1)(c1ccc(C2CCCCCCCCCC2)cc1)c1ccccc1Cl. The molecule has 0 heterocycles. The molecule has 1 aliphatic rings. The van der Waals surface area contributed by atoms with Crippen LogP contribution in [0.1, 0.15) is 113 Å². The van der Waals surface area contributed by atoms with Gasteiger partial charge in [-0.1, -0.05) is 150 Å². The minimum atomic E-state index is -1.22. The zero-order valence-corrected chi connectivity index (χ0v) is 25.0. The maximum absolute atomic E-state index is 13.6. The Labute approximate surface area is 246 Å². The minimum Gasteiger partial charge on any atom is -0.443 e. The van der Waals surface area contributed by atoms with E-state index in [0.29, 0.717) is 17.4 Å². The fourth-order valence-corrected chi connectivity index (χ4v) is 6.48. The number of carbonyl (C=O) groups is 1. The van der Waals surface area contributed by atoms with Gasteiger partial charge < -0.3 is 10.5 Å². The van der Waals surface area contributed by atoms with Gasteiger partial charge in [0, 0.05) is 21.7 Å². The first-order valence-electron chi connectivity index (χ1n) is 15.3. The molecule has 0 saturated heterocycles. The Morgan fingerprint density at radius 1 is 0.800 bits per heavy atom. The van der Waals surface area contributed by atoms with Crippen LogP contribution >= 0.6 is 11.6 Å². The van der Waals surface area contributed by atoms with Gasteiger partial charge in [-0.3, -0.25) is 4.79 Å². The van der Waals surface area contributed by atoms with Gasteiger partial charge in [0.05, 0.1) is 0 Å². The van der Waals surface area contributed by atoms with Crippen molar-refractivity contribution in [3.63, 3.8) is 0 Å². The van der Waals surface area contributed by atoms with Crippen molar-refractivity contribution < 1.29 is 9.53 Å². The lowest BCUT2D eigenvalue weighted by molar-refractivity contribution is -0.155. The smallest absolute Gasteiger partial charge is 0.324 e. The van der Waals surface area contributed by atoms with Crippen molar-refractivity contribution in [2.75, 3.05) is 0 Å². The van der Waals surface area contributed by atoms with Crippen LogP contribution in [-0.2, 0) is 15.1 Å². The third-order valence-electron chi connectivity index (χ3n) is 8.36. The van der Waals surface area contributed by atoms with Gasteiger partial charge in [-0.05, 0) is 42.7 Å². The predicted molar refractivity (Wildman–Crippen MR) is 167 cm³/mol. The van der Waals surface area contributed by atoms with Crippen LogP contribution in [0, 0.1) is 5.92 Å². The molecule has 4 heteroatoms. The Morgan fingerprint density at radius 2 is 1.32 bits per heavy atom. The summed E-state index contributed by atoms with van der Waals surface area (Å²) in [7, 11) is 0. The van der Waals surface area contributed by atoms with Gasteiger partial charge in [-0.15, -0.1) is 0 Å². The van der Waals surface area contributed by atoms with Crippen LogP contribution in [0.15, 0.2) is 78.9 Å². The minimum absolute atomic E-state index is 0.273. The number of hydrogen-bond donors (Lipinski definition) is 1. The van der Waals surface area contributed by atoms with E-state index in [9.17, 15) is 4.79 Å². The Kier molecular flexibility index (Phi) is 11.3. The van der Waals surface area contributed by atoms with Crippen molar-refractivity contribution in [3.8, 4) is 0 Å². The van der Waals surface area contributed by atoms with Crippen molar-refractivity contribution in [3.05, 3.63) is 106 Å². The van der Waals surface area contributed by atoms with Crippen LogP contribution in [0.5, 0.6) is 0 Å². The topological polar surface area (TPSA) is 52.3 Å². The number of benzene rings is 3.